The molecule has 0 radical (unpaired) electrons. The van der Waals surface area contributed by atoms with Crippen LogP contribution in [0.25, 0.3) is 0 Å². The van der Waals surface area contributed by atoms with E-state index in [9.17, 15) is 9.59 Å². The Kier molecular flexibility index (Phi) is 6.15. The lowest BCUT2D eigenvalue weighted by molar-refractivity contribution is -0.140. The second-order valence-corrected chi connectivity index (χ2v) is 5.44. The molecule has 21 heavy (non-hydrogen) atoms. The van der Waals surface area contributed by atoms with Gasteiger partial charge in [0.1, 0.15) is 11.9 Å². The van der Waals surface area contributed by atoms with E-state index in [4.69, 9.17) is 10.8 Å². The smallest absolute Gasteiger partial charge is 0.327 e. The van der Waals surface area contributed by atoms with Crippen molar-refractivity contribution < 1.29 is 14.7 Å². The first-order valence-electron chi connectivity index (χ1n) is 6.05. The van der Waals surface area contributed by atoms with E-state index >= 15 is 0 Å². The summed E-state index contributed by atoms with van der Waals surface area (Å²) < 4.78 is 0. The molecule has 1 heterocycles. The van der Waals surface area contributed by atoms with Gasteiger partial charge in [0.05, 0.1) is 5.75 Å². The molecule has 1 amide bonds. The molecule has 0 saturated heterocycles. The van der Waals surface area contributed by atoms with E-state index < -0.39 is 12.0 Å². The van der Waals surface area contributed by atoms with Gasteiger partial charge < -0.3 is 21.1 Å². The summed E-state index contributed by atoms with van der Waals surface area (Å²) in [5, 5.41) is 11.3. The van der Waals surface area contributed by atoms with Crippen molar-refractivity contribution in [2.24, 2.45) is 0 Å². The van der Waals surface area contributed by atoms with E-state index in [2.05, 4.69) is 20.3 Å². The van der Waals surface area contributed by atoms with Crippen molar-refractivity contribution in [2.75, 3.05) is 30.5 Å². The van der Waals surface area contributed by atoms with Crippen molar-refractivity contribution in [3.8, 4) is 0 Å². The molecule has 0 bridgehead atoms. The Morgan fingerprint density at radius 2 is 2.05 bits per heavy atom. The van der Waals surface area contributed by atoms with Crippen molar-refractivity contribution in [3.05, 3.63) is 5.82 Å². The van der Waals surface area contributed by atoms with Crippen LogP contribution in [-0.2, 0) is 15.3 Å². The van der Waals surface area contributed by atoms with E-state index in [1.807, 2.05) is 0 Å². The van der Waals surface area contributed by atoms with Gasteiger partial charge in [0.25, 0.3) is 0 Å². The molecule has 9 nitrogen and oxygen atoms in total. The molecular weight excluding hydrogens is 296 g/mol. The van der Waals surface area contributed by atoms with Crippen molar-refractivity contribution in [3.63, 3.8) is 0 Å². The lowest BCUT2D eigenvalue weighted by Gasteiger charge is -2.13. The van der Waals surface area contributed by atoms with E-state index in [-0.39, 0.29) is 17.6 Å². The molecule has 0 aromatic carbocycles. The summed E-state index contributed by atoms with van der Waals surface area (Å²) in [6, 6.07) is -0.944. The standard InChI is InChI=1S/C11H18N6O3S/c1-6(18)13-7(9(19)20)4-21-5-8-14-10(12)16-11(15-8)17(2)3/h7H,4-5H2,1-3H3,(H,13,18)(H,19,20)(H2,12,14,15,16)/t7-/m0/s1. The Bertz CT molecular complexity index is 525. The Morgan fingerprint density at radius 1 is 1.38 bits per heavy atom. The minimum Gasteiger partial charge on any atom is -0.480 e. The Hall–Kier alpha value is -2.10. The van der Waals surface area contributed by atoms with Crippen LogP contribution in [0, 0.1) is 0 Å². The maximum Gasteiger partial charge on any atom is 0.327 e. The van der Waals surface area contributed by atoms with Crippen molar-refractivity contribution >= 4 is 35.5 Å². The van der Waals surface area contributed by atoms with Gasteiger partial charge in [-0.15, -0.1) is 0 Å². The normalized spacial score (nSPS) is 11.8. The zero-order valence-electron chi connectivity index (χ0n) is 12.0. The van der Waals surface area contributed by atoms with Gasteiger partial charge >= 0.3 is 5.97 Å². The van der Waals surface area contributed by atoms with E-state index in [0.29, 0.717) is 17.5 Å². The second kappa shape index (κ2) is 7.62. The molecule has 10 heteroatoms. The average molecular weight is 314 g/mol. The summed E-state index contributed by atoms with van der Waals surface area (Å²) in [6.07, 6.45) is 0. The van der Waals surface area contributed by atoms with Crippen LogP contribution < -0.4 is 16.0 Å². The minimum atomic E-state index is -1.08. The number of nitrogens with two attached hydrogens (primary N) is 1. The lowest BCUT2D eigenvalue weighted by atomic mass is 10.3. The summed E-state index contributed by atoms with van der Waals surface area (Å²) in [5.74, 6) is 0.123. The fraction of sp³-hybridized carbons (Fsp3) is 0.545. The fourth-order valence-electron chi connectivity index (χ4n) is 1.38. The number of amides is 1. The highest BCUT2D eigenvalue weighted by molar-refractivity contribution is 7.98. The van der Waals surface area contributed by atoms with Gasteiger partial charge in [-0.2, -0.15) is 26.7 Å². The first-order chi connectivity index (χ1) is 9.79. The molecule has 0 fully saturated rings. The molecule has 0 aliphatic heterocycles. The number of carboxylic acid groups (broad SMARTS) is 1. The average Bonchev–Trinajstić information content (AvgIpc) is 2.36. The number of rotatable bonds is 7. The maximum atomic E-state index is 11.0. The van der Waals surface area contributed by atoms with Crippen LogP contribution in [0.3, 0.4) is 0 Å². The predicted octanol–water partition coefficient (Wildman–Crippen LogP) is -0.658. The van der Waals surface area contributed by atoms with Gasteiger partial charge in [0.2, 0.25) is 17.8 Å². The molecule has 1 aromatic heterocycles. The summed E-state index contributed by atoms with van der Waals surface area (Å²) in [7, 11) is 3.56. The number of carbonyl (C=O) groups excluding carboxylic acids is 1. The molecular formula is C11H18N6O3S. The third-order valence-corrected chi connectivity index (χ3v) is 3.31. The maximum absolute atomic E-state index is 11.0. The molecule has 1 atom stereocenters. The highest BCUT2D eigenvalue weighted by Gasteiger charge is 2.18. The Balaban J connectivity index is 2.62. The van der Waals surface area contributed by atoms with Crippen LogP contribution in [0.2, 0.25) is 0 Å². The number of hydrogen-bond donors (Lipinski definition) is 3. The quantitative estimate of drug-likeness (QED) is 0.599. The predicted molar refractivity (Wildman–Crippen MR) is 80.0 cm³/mol. The number of aromatic nitrogens is 3. The molecule has 0 saturated carbocycles. The zero-order valence-corrected chi connectivity index (χ0v) is 12.8. The molecule has 116 valence electrons. The molecule has 0 spiro atoms. The van der Waals surface area contributed by atoms with Gasteiger partial charge in [-0.3, -0.25) is 4.79 Å². The number of carboxylic acids is 1. The van der Waals surface area contributed by atoms with Crippen LogP contribution in [-0.4, -0.2) is 57.8 Å². The highest BCUT2D eigenvalue weighted by Crippen LogP contribution is 2.13. The first-order valence-corrected chi connectivity index (χ1v) is 7.20. The second-order valence-electron chi connectivity index (χ2n) is 4.41. The lowest BCUT2D eigenvalue weighted by Crippen LogP contribution is -2.41. The number of hydrogen-bond acceptors (Lipinski definition) is 8. The number of thioether (sulfide) groups is 1. The summed E-state index contributed by atoms with van der Waals surface area (Å²) >= 11 is 1.29. The third kappa shape index (κ3) is 5.81. The molecule has 0 unspecified atom stereocenters. The van der Waals surface area contributed by atoms with Crippen LogP contribution in [0.5, 0.6) is 0 Å². The van der Waals surface area contributed by atoms with Crippen molar-refractivity contribution in [2.45, 2.75) is 18.7 Å². The van der Waals surface area contributed by atoms with E-state index in [1.54, 1.807) is 19.0 Å². The van der Waals surface area contributed by atoms with Gasteiger partial charge in [0.15, 0.2) is 0 Å². The highest BCUT2D eigenvalue weighted by atomic mass is 32.2. The number of nitrogens with one attached hydrogen (secondary N) is 1. The Labute approximate surface area is 126 Å². The van der Waals surface area contributed by atoms with Gasteiger partial charge in [-0.1, -0.05) is 0 Å². The number of carbonyl (C=O) groups is 2. The summed E-state index contributed by atoms with van der Waals surface area (Å²) in [6.45, 7) is 1.27. The SMILES string of the molecule is CC(=O)N[C@@H](CSCc1nc(N)nc(N(C)C)n1)C(=O)O. The number of aliphatic carboxylic acids is 1. The summed E-state index contributed by atoms with van der Waals surface area (Å²) in [4.78, 5) is 35.8. The number of anilines is 2. The third-order valence-electron chi connectivity index (χ3n) is 2.28. The molecule has 1 rings (SSSR count). The summed E-state index contributed by atoms with van der Waals surface area (Å²) in [5.41, 5.74) is 5.59. The Morgan fingerprint density at radius 3 is 2.57 bits per heavy atom. The first kappa shape index (κ1) is 17.0. The largest absolute Gasteiger partial charge is 0.480 e. The van der Waals surface area contributed by atoms with E-state index in [0.717, 1.165) is 0 Å². The molecule has 0 aliphatic carbocycles. The van der Waals surface area contributed by atoms with Gasteiger partial charge in [0, 0.05) is 26.8 Å². The molecule has 0 aliphatic rings. The number of nitrogen functional groups attached to an aromatic ring is 1. The minimum absolute atomic E-state index is 0.112. The van der Waals surface area contributed by atoms with Crippen LogP contribution in [0.15, 0.2) is 0 Å². The number of nitrogens with zero attached hydrogens (tertiary/aromatic N) is 4. The van der Waals surface area contributed by atoms with Crippen LogP contribution in [0.4, 0.5) is 11.9 Å². The molecule has 4 N–H and O–H groups in total. The van der Waals surface area contributed by atoms with Crippen LogP contribution in [0.1, 0.15) is 12.7 Å². The topological polar surface area (TPSA) is 134 Å². The zero-order chi connectivity index (χ0) is 16.0. The van der Waals surface area contributed by atoms with Crippen molar-refractivity contribution in [1.29, 1.82) is 0 Å². The fourth-order valence-corrected chi connectivity index (χ4v) is 2.27. The molecule has 1 aromatic rings. The monoisotopic (exact) mass is 314 g/mol. The van der Waals surface area contributed by atoms with E-state index in [1.165, 1.54) is 18.7 Å². The van der Waals surface area contributed by atoms with Gasteiger partial charge in [-0.05, 0) is 0 Å². The van der Waals surface area contributed by atoms with Crippen molar-refractivity contribution in [1.82, 2.24) is 20.3 Å². The van der Waals surface area contributed by atoms with Crippen LogP contribution >= 0.6 is 11.8 Å². The van der Waals surface area contributed by atoms with Gasteiger partial charge in [-0.25, -0.2) is 4.79 Å².